The first kappa shape index (κ1) is 20.0. The minimum Gasteiger partial charge on any atom is -0.493 e. The van der Waals surface area contributed by atoms with Gasteiger partial charge in [-0.15, -0.1) is 0 Å². The van der Waals surface area contributed by atoms with Gasteiger partial charge in [0, 0.05) is 24.3 Å². The third kappa shape index (κ3) is 4.16. The van der Waals surface area contributed by atoms with Crippen LogP contribution in [-0.2, 0) is 9.53 Å². The maximum Gasteiger partial charge on any atom is 0.262 e. The van der Waals surface area contributed by atoms with Crippen molar-refractivity contribution in [3.8, 4) is 22.9 Å². The van der Waals surface area contributed by atoms with Crippen LogP contribution in [0.15, 0.2) is 53.5 Å². The van der Waals surface area contributed by atoms with Gasteiger partial charge in [-0.05, 0) is 54.6 Å². The molecular weight excluding hydrogens is 386 g/mol. The highest BCUT2D eigenvalue weighted by atomic mass is 16.5. The van der Waals surface area contributed by atoms with Gasteiger partial charge in [0.15, 0.2) is 17.8 Å². The molecule has 156 valence electrons. The number of hydrogen-bond acceptors (Lipinski definition) is 6. The maximum atomic E-state index is 13.0. The summed E-state index contributed by atoms with van der Waals surface area (Å²) in [6.45, 7) is 1.24. The van der Waals surface area contributed by atoms with E-state index >= 15 is 0 Å². The van der Waals surface area contributed by atoms with Gasteiger partial charge in [-0.2, -0.15) is 0 Å². The van der Waals surface area contributed by atoms with Crippen LogP contribution in [0.1, 0.15) is 12.8 Å². The van der Waals surface area contributed by atoms with Gasteiger partial charge in [-0.1, -0.05) is 0 Å². The second-order valence-electron chi connectivity index (χ2n) is 7.00. The molecule has 1 fully saturated rings. The van der Waals surface area contributed by atoms with Crippen LogP contribution < -0.4 is 19.8 Å². The Morgan fingerprint density at radius 1 is 1.13 bits per heavy atom. The maximum absolute atomic E-state index is 13.0. The van der Waals surface area contributed by atoms with E-state index in [1.807, 2.05) is 12.1 Å². The van der Waals surface area contributed by atoms with Crippen LogP contribution in [0, 0.1) is 0 Å². The quantitative estimate of drug-likeness (QED) is 0.532. The van der Waals surface area contributed by atoms with Crippen LogP contribution in [0.5, 0.6) is 17.2 Å². The number of carbonyl (C=O) groups is 1. The fourth-order valence-corrected chi connectivity index (χ4v) is 3.53. The number of nitrogens with zero attached hydrogens (tertiary/aromatic N) is 1. The largest absolute Gasteiger partial charge is 0.493 e. The Balaban J connectivity index is 1.60. The number of ether oxygens (including phenoxy) is 4. The van der Waals surface area contributed by atoms with Crippen LogP contribution in [-0.4, -0.2) is 43.9 Å². The first-order chi connectivity index (χ1) is 14.7. The van der Waals surface area contributed by atoms with Crippen molar-refractivity contribution >= 4 is 17.1 Å². The van der Waals surface area contributed by atoms with Gasteiger partial charge in [0.25, 0.3) is 5.56 Å². The summed E-state index contributed by atoms with van der Waals surface area (Å²) in [6, 6.07) is 12.4. The molecule has 1 saturated heterocycles. The molecule has 1 unspecified atom stereocenters. The second kappa shape index (κ2) is 9.00. The van der Waals surface area contributed by atoms with Crippen molar-refractivity contribution in [3.63, 3.8) is 0 Å². The molecule has 7 nitrogen and oxygen atoms in total. The Morgan fingerprint density at radius 2 is 2.03 bits per heavy atom. The summed E-state index contributed by atoms with van der Waals surface area (Å²) in [4.78, 5) is 23.6. The lowest BCUT2D eigenvalue weighted by atomic mass is 10.1. The number of rotatable bonds is 8. The van der Waals surface area contributed by atoms with E-state index in [9.17, 15) is 9.59 Å². The number of aromatic nitrogens is 1. The van der Waals surface area contributed by atoms with Crippen molar-refractivity contribution in [1.82, 2.24) is 4.57 Å². The van der Waals surface area contributed by atoms with Crippen LogP contribution in [0.3, 0.4) is 0 Å². The third-order valence-electron chi connectivity index (χ3n) is 5.07. The van der Waals surface area contributed by atoms with Crippen LogP contribution in [0.25, 0.3) is 16.5 Å². The summed E-state index contributed by atoms with van der Waals surface area (Å²) in [5, 5.41) is 1.39. The Labute approximate surface area is 173 Å². The summed E-state index contributed by atoms with van der Waals surface area (Å²) in [5.74, 6) is 1.60. The molecule has 0 saturated carbocycles. The molecule has 0 bridgehead atoms. The number of hydrogen-bond donors (Lipinski definition) is 0. The van der Waals surface area contributed by atoms with Gasteiger partial charge in [-0.3, -0.25) is 14.2 Å². The van der Waals surface area contributed by atoms with Gasteiger partial charge in [0.1, 0.15) is 19.0 Å². The highest BCUT2D eigenvalue weighted by molar-refractivity contribution is 5.83. The Bertz CT molecular complexity index is 1100. The van der Waals surface area contributed by atoms with Gasteiger partial charge >= 0.3 is 0 Å². The Kier molecular flexibility index (Phi) is 5.99. The number of carbonyl (C=O) groups excluding carboxylic acids is 1. The number of aldehydes is 1. The van der Waals surface area contributed by atoms with Crippen molar-refractivity contribution in [2.24, 2.45) is 0 Å². The summed E-state index contributed by atoms with van der Waals surface area (Å²) >= 11 is 0. The van der Waals surface area contributed by atoms with Gasteiger partial charge < -0.3 is 18.9 Å². The molecule has 1 atom stereocenters. The van der Waals surface area contributed by atoms with E-state index in [4.69, 9.17) is 18.9 Å². The van der Waals surface area contributed by atoms with Crippen molar-refractivity contribution in [2.45, 2.75) is 18.9 Å². The van der Waals surface area contributed by atoms with Crippen LogP contribution in [0.2, 0.25) is 0 Å². The van der Waals surface area contributed by atoms with E-state index in [0.29, 0.717) is 41.2 Å². The average Bonchev–Trinajstić information content (AvgIpc) is 3.30. The smallest absolute Gasteiger partial charge is 0.262 e. The summed E-state index contributed by atoms with van der Waals surface area (Å²) in [6.07, 6.45) is 4.61. The summed E-state index contributed by atoms with van der Waals surface area (Å²) in [5.41, 5.74) is 0.484. The van der Waals surface area contributed by atoms with Crippen molar-refractivity contribution in [3.05, 3.63) is 59.0 Å². The van der Waals surface area contributed by atoms with E-state index in [0.717, 1.165) is 24.8 Å². The molecule has 3 aromatic rings. The predicted molar refractivity (Wildman–Crippen MR) is 112 cm³/mol. The number of fused-ring (bicyclic) bond motifs is 1. The summed E-state index contributed by atoms with van der Waals surface area (Å²) < 4.78 is 23.6. The predicted octanol–water partition coefficient (Wildman–Crippen LogP) is 3.13. The fourth-order valence-electron chi connectivity index (χ4n) is 3.53. The first-order valence-electron chi connectivity index (χ1n) is 9.84. The molecule has 2 heterocycles. The van der Waals surface area contributed by atoms with Gasteiger partial charge in [0.2, 0.25) is 0 Å². The minimum atomic E-state index is -0.151. The van der Waals surface area contributed by atoms with E-state index in [2.05, 4.69) is 0 Å². The van der Waals surface area contributed by atoms with Crippen LogP contribution in [0.4, 0.5) is 0 Å². The first-order valence-corrected chi connectivity index (χ1v) is 9.84. The van der Waals surface area contributed by atoms with Crippen molar-refractivity contribution in [1.29, 1.82) is 0 Å². The molecule has 0 amide bonds. The molecule has 1 aliphatic rings. The summed E-state index contributed by atoms with van der Waals surface area (Å²) in [7, 11) is 1.51. The zero-order valence-electron chi connectivity index (χ0n) is 16.7. The molecule has 0 radical (unpaired) electrons. The molecule has 2 aromatic carbocycles. The Hall–Kier alpha value is -3.32. The average molecular weight is 409 g/mol. The molecular formula is C23H23NO6. The highest BCUT2D eigenvalue weighted by Crippen LogP contribution is 2.29. The number of benzene rings is 2. The minimum absolute atomic E-state index is 0.0666. The molecule has 0 spiro atoms. The number of pyridine rings is 1. The standard InChI is InChI=1S/C23H23NO6/c1-27-22-14-17(4-7-21(22)29-12-10-25)24-9-8-16-13-18(5-6-20(16)23(24)26)30-15-19-3-2-11-28-19/h4-10,13-14,19H,2-3,11-12,15H2,1H3. The molecule has 1 aromatic heterocycles. The normalized spacial score (nSPS) is 15.8. The molecule has 1 aliphatic heterocycles. The molecule has 7 heteroatoms. The lowest BCUT2D eigenvalue weighted by Crippen LogP contribution is -2.18. The Morgan fingerprint density at radius 3 is 2.80 bits per heavy atom. The second-order valence-corrected chi connectivity index (χ2v) is 7.00. The molecule has 0 aliphatic carbocycles. The highest BCUT2D eigenvalue weighted by Gasteiger charge is 2.16. The van der Waals surface area contributed by atoms with E-state index < -0.39 is 0 Å². The SMILES string of the molecule is COc1cc(-n2ccc3cc(OCC4CCCO4)ccc3c2=O)ccc1OCC=O. The topological polar surface area (TPSA) is 76.0 Å². The lowest BCUT2D eigenvalue weighted by molar-refractivity contribution is -0.109. The lowest BCUT2D eigenvalue weighted by Gasteiger charge is -2.14. The zero-order chi connectivity index (χ0) is 20.9. The van der Waals surface area contributed by atoms with Crippen LogP contribution >= 0.6 is 0 Å². The fraction of sp³-hybridized carbons (Fsp3) is 0.304. The molecule has 0 N–H and O–H groups in total. The van der Waals surface area contributed by atoms with E-state index in [1.165, 1.54) is 7.11 Å². The zero-order valence-corrected chi connectivity index (χ0v) is 16.7. The van der Waals surface area contributed by atoms with E-state index in [1.54, 1.807) is 41.1 Å². The van der Waals surface area contributed by atoms with Gasteiger partial charge in [0.05, 0.1) is 18.9 Å². The monoisotopic (exact) mass is 409 g/mol. The molecule has 4 rings (SSSR count). The third-order valence-corrected chi connectivity index (χ3v) is 5.07. The number of methoxy groups -OCH3 is 1. The molecule has 30 heavy (non-hydrogen) atoms. The van der Waals surface area contributed by atoms with E-state index in [-0.39, 0.29) is 18.3 Å². The van der Waals surface area contributed by atoms with Gasteiger partial charge in [-0.25, -0.2) is 0 Å². The van der Waals surface area contributed by atoms with Crippen molar-refractivity contribution < 1.29 is 23.7 Å². The van der Waals surface area contributed by atoms with Crippen molar-refractivity contribution in [2.75, 3.05) is 26.9 Å².